The van der Waals surface area contributed by atoms with E-state index in [1.807, 2.05) is 42.5 Å². The lowest BCUT2D eigenvalue weighted by molar-refractivity contribution is -0.118. The summed E-state index contributed by atoms with van der Waals surface area (Å²) in [6.45, 7) is 0.0579. The van der Waals surface area contributed by atoms with Gasteiger partial charge in [-0.25, -0.2) is 0 Å². The van der Waals surface area contributed by atoms with Gasteiger partial charge in [-0.3, -0.25) is 4.79 Å². The number of para-hydroxylation sites is 1. The standard InChI is InChI=1S/C15H13NO3/c1-18-13-5-3-2-4-11(13)10-6-7-12-14(8-10)19-9-15(17)16-12/h2-8H,9H2,1H3,(H,16,17). The minimum absolute atomic E-state index is 0.0579. The molecule has 0 saturated heterocycles. The van der Waals surface area contributed by atoms with Crippen LogP contribution in [0.2, 0.25) is 0 Å². The molecule has 2 aromatic carbocycles. The molecular weight excluding hydrogens is 242 g/mol. The van der Waals surface area contributed by atoms with Crippen molar-refractivity contribution in [3.05, 3.63) is 42.5 Å². The molecule has 0 aliphatic carbocycles. The van der Waals surface area contributed by atoms with Crippen LogP contribution in [-0.2, 0) is 4.79 Å². The summed E-state index contributed by atoms with van der Waals surface area (Å²) in [5, 5.41) is 2.77. The number of nitrogens with one attached hydrogen (secondary N) is 1. The highest BCUT2D eigenvalue weighted by atomic mass is 16.5. The Bertz CT molecular complexity index is 637. The second kappa shape index (κ2) is 4.65. The molecule has 1 aliphatic heterocycles. The highest BCUT2D eigenvalue weighted by molar-refractivity contribution is 5.96. The fraction of sp³-hybridized carbons (Fsp3) is 0.133. The first kappa shape index (κ1) is 11.6. The molecule has 0 aromatic heterocycles. The first-order chi connectivity index (χ1) is 9.28. The molecular formula is C15H13NO3. The van der Waals surface area contributed by atoms with E-state index in [1.54, 1.807) is 7.11 Å². The number of hydrogen-bond donors (Lipinski definition) is 1. The predicted octanol–water partition coefficient (Wildman–Crippen LogP) is 2.69. The normalized spacial score (nSPS) is 13.2. The van der Waals surface area contributed by atoms with Gasteiger partial charge in [-0.15, -0.1) is 0 Å². The van der Waals surface area contributed by atoms with Gasteiger partial charge < -0.3 is 14.8 Å². The zero-order valence-electron chi connectivity index (χ0n) is 10.5. The van der Waals surface area contributed by atoms with Crippen LogP contribution < -0.4 is 14.8 Å². The molecule has 1 aliphatic rings. The van der Waals surface area contributed by atoms with Gasteiger partial charge in [-0.1, -0.05) is 24.3 Å². The van der Waals surface area contributed by atoms with E-state index in [4.69, 9.17) is 9.47 Å². The van der Waals surface area contributed by atoms with Gasteiger partial charge in [-0.05, 0) is 23.8 Å². The second-order valence-electron chi connectivity index (χ2n) is 4.25. The third-order valence-corrected chi connectivity index (χ3v) is 3.03. The number of carbonyl (C=O) groups excluding carboxylic acids is 1. The van der Waals surface area contributed by atoms with Crippen LogP contribution >= 0.6 is 0 Å². The molecule has 0 fully saturated rings. The zero-order valence-corrected chi connectivity index (χ0v) is 10.5. The average Bonchev–Trinajstić information content (AvgIpc) is 2.46. The molecule has 0 atom stereocenters. The van der Waals surface area contributed by atoms with Crippen molar-refractivity contribution in [2.24, 2.45) is 0 Å². The molecule has 0 bridgehead atoms. The average molecular weight is 255 g/mol. The highest BCUT2D eigenvalue weighted by Gasteiger charge is 2.17. The highest BCUT2D eigenvalue weighted by Crippen LogP contribution is 2.36. The minimum atomic E-state index is -0.127. The third kappa shape index (κ3) is 2.12. The number of anilines is 1. The number of benzene rings is 2. The Hall–Kier alpha value is -2.49. The summed E-state index contributed by atoms with van der Waals surface area (Å²) in [5.41, 5.74) is 2.69. The lowest BCUT2D eigenvalue weighted by Crippen LogP contribution is -2.25. The van der Waals surface area contributed by atoms with Crippen molar-refractivity contribution in [2.75, 3.05) is 19.0 Å². The van der Waals surface area contributed by atoms with E-state index in [9.17, 15) is 4.79 Å². The van der Waals surface area contributed by atoms with Crippen molar-refractivity contribution in [1.82, 2.24) is 0 Å². The van der Waals surface area contributed by atoms with Crippen LogP contribution in [-0.4, -0.2) is 19.6 Å². The molecule has 0 unspecified atom stereocenters. The Morgan fingerprint density at radius 3 is 2.89 bits per heavy atom. The number of rotatable bonds is 2. The summed E-state index contributed by atoms with van der Waals surface area (Å²) in [6.07, 6.45) is 0. The zero-order chi connectivity index (χ0) is 13.2. The van der Waals surface area contributed by atoms with Crippen molar-refractivity contribution in [1.29, 1.82) is 0 Å². The molecule has 4 nitrogen and oxygen atoms in total. The molecule has 3 rings (SSSR count). The minimum Gasteiger partial charge on any atom is -0.496 e. The molecule has 2 aromatic rings. The van der Waals surface area contributed by atoms with E-state index in [1.165, 1.54) is 0 Å². The van der Waals surface area contributed by atoms with Gasteiger partial charge in [0.2, 0.25) is 0 Å². The van der Waals surface area contributed by atoms with Crippen LogP contribution in [0.15, 0.2) is 42.5 Å². The van der Waals surface area contributed by atoms with Crippen molar-refractivity contribution in [3.63, 3.8) is 0 Å². The van der Waals surface area contributed by atoms with Crippen LogP contribution in [0.5, 0.6) is 11.5 Å². The summed E-state index contributed by atoms with van der Waals surface area (Å²) in [4.78, 5) is 11.2. The molecule has 19 heavy (non-hydrogen) atoms. The summed E-state index contributed by atoms with van der Waals surface area (Å²) < 4.78 is 10.8. The van der Waals surface area contributed by atoms with Gasteiger partial charge >= 0.3 is 0 Å². The van der Waals surface area contributed by atoms with Crippen molar-refractivity contribution in [3.8, 4) is 22.6 Å². The number of ether oxygens (including phenoxy) is 2. The predicted molar refractivity (Wildman–Crippen MR) is 72.6 cm³/mol. The molecule has 1 heterocycles. The molecule has 1 amide bonds. The van der Waals surface area contributed by atoms with Gasteiger partial charge in [0.1, 0.15) is 11.5 Å². The van der Waals surface area contributed by atoms with Gasteiger partial charge in [0, 0.05) is 5.56 Å². The molecule has 0 saturated carbocycles. The number of methoxy groups -OCH3 is 1. The topological polar surface area (TPSA) is 47.6 Å². The molecule has 0 spiro atoms. The monoisotopic (exact) mass is 255 g/mol. The fourth-order valence-corrected chi connectivity index (χ4v) is 2.13. The van der Waals surface area contributed by atoms with Gasteiger partial charge in [-0.2, -0.15) is 0 Å². The van der Waals surface area contributed by atoms with Gasteiger partial charge in [0.15, 0.2) is 6.61 Å². The van der Waals surface area contributed by atoms with Crippen LogP contribution in [0.25, 0.3) is 11.1 Å². The van der Waals surface area contributed by atoms with E-state index < -0.39 is 0 Å². The quantitative estimate of drug-likeness (QED) is 0.897. The summed E-state index contributed by atoms with van der Waals surface area (Å²) in [6, 6.07) is 13.5. The van der Waals surface area contributed by atoms with E-state index in [0.29, 0.717) is 11.4 Å². The molecule has 1 N–H and O–H groups in total. The lowest BCUT2D eigenvalue weighted by Gasteiger charge is -2.19. The van der Waals surface area contributed by atoms with Crippen LogP contribution in [0, 0.1) is 0 Å². The smallest absolute Gasteiger partial charge is 0.262 e. The summed E-state index contributed by atoms with van der Waals surface area (Å²) in [7, 11) is 1.65. The number of amides is 1. The number of carbonyl (C=O) groups is 1. The lowest BCUT2D eigenvalue weighted by atomic mass is 10.0. The van der Waals surface area contributed by atoms with Crippen molar-refractivity contribution < 1.29 is 14.3 Å². The van der Waals surface area contributed by atoms with Crippen LogP contribution in [0.4, 0.5) is 5.69 Å². The second-order valence-corrected chi connectivity index (χ2v) is 4.25. The van der Waals surface area contributed by atoms with Crippen molar-refractivity contribution >= 4 is 11.6 Å². The Morgan fingerprint density at radius 1 is 1.21 bits per heavy atom. The maximum absolute atomic E-state index is 11.2. The Kier molecular flexibility index (Phi) is 2.83. The maximum Gasteiger partial charge on any atom is 0.262 e. The van der Waals surface area contributed by atoms with E-state index in [-0.39, 0.29) is 12.5 Å². The third-order valence-electron chi connectivity index (χ3n) is 3.03. The van der Waals surface area contributed by atoms with E-state index in [0.717, 1.165) is 16.9 Å². The number of fused-ring (bicyclic) bond motifs is 1. The fourth-order valence-electron chi connectivity index (χ4n) is 2.13. The Morgan fingerprint density at radius 2 is 2.05 bits per heavy atom. The molecule has 0 radical (unpaired) electrons. The first-order valence-corrected chi connectivity index (χ1v) is 5.98. The summed E-state index contributed by atoms with van der Waals surface area (Å²) >= 11 is 0. The molecule has 96 valence electrons. The van der Waals surface area contributed by atoms with Crippen LogP contribution in [0.1, 0.15) is 0 Å². The van der Waals surface area contributed by atoms with Crippen molar-refractivity contribution in [2.45, 2.75) is 0 Å². The van der Waals surface area contributed by atoms with Gasteiger partial charge in [0.05, 0.1) is 12.8 Å². The van der Waals surface area contributed by atoms with Crippen LogP contribution in [0.3, 0.4) is 0 Å². The number of hydrogen-bond acceptors (Lipinski definition) is 3. The summed E-state index contributed by atoms with van der Waals surface area (Å²) in [5.74, 6) is 1.36. The largest absolute Gasteiger partial charge is 0.496 e. The SMILES string of the molecule is COc1ccccc1-c1ccc2c(c1)OCC(=O)N2. The molecule has 4 heteroatoms. The van der Waals surface area contributed by atoms with E-state index >= 15 is 0 Å². The Balaban J connectivity index is 2.05. The maximum atomic E-state index is 11.2. The van der Waals surface area contributed by atoms with E-state index in [2.05, 4.69) is 5.32 Å². The van der Waals surface area contributed by atoms with Gasteiger partial charge in [0.25, 0.3) is 5.91 Å². The Labute approximate surface area is 111 Å². The first-order valence-electron chi connectivity index (χ1n) is 5.98.